The molecule has 0 aliphatic carbocycles. The van der Waals surface area contributed by atoms with Crippen LogP contribution in [-0.2, 0) is 9.53 Å². The van der Waals surface area contributed by atoms with Gasteiger partial charge in [0.2, 0.25) is 0 Å². The first kappa shape index (κ1) is 10.8. The maximum Gasteiger partial charge on any atom is 0.306 e. The predicted octanol–water partition coefficient (Wildman–Crippen LogP) is 0.663. The number of ether oxygens (including phenoxy) is 1. The predicted molar refractivity (Wildman–Crippen MR) is 45.6 cm³/mol. The molecule has 11 heavy (non-hydrogen) atoms. The molecule has 0 heterocycles. The standard InChI is InChI=1S/C7H14O3S/c1-6(8)5-11-4-3-7(9)10-2/h6,8H,3-5H2,1-2H3. The quantitative estimate of drug-likeness (QED) is 0.496. The molecule has 1 unspecified atom stereocenters. The first-order valence-electron chi connectivity index (χ1n) is 3.49. The smallest absolute Gasteiger partial charge is 0.306 e. The van der Waals surface area contributed by atoms with Crippen LogP contribution in [0.25, 0.3) is 0 Å². The Hall–Kier alpha value is -0.220. The van der Waals surface area contributed by atoms with Crippen molar-refractivity contribution in [1.82, 2.24) is 0 Å². The molecule has 0 radical (unpaired) electrons. The van der Waals surface area contributed by atoms with Crippen LogP contribution in [0.15, 0.2) is 0 Å². The maximum absolute atomic E-state index is 10.6. The minimum atomic E-state index is -0.294. The van der Waals surface area contributed by atoms with Gasteiger partial charge in [0.1, 0.15) is 0 Å². The third-order valence-corrected chi connectivity index (χ3v) is 2.25. The summed E-state index contributed by atoms with van der Waals surface area (Å²) in [5.41, 5.74) is 0. The second kappa shape index (κ2) is 6.49. The fourth-order valence-corrected chi connectivity index (χ4v) is 1.33. The van der Waals surface area contributed by atoms with Crippen molar-refractivity contribution in [1.29, 1.82) is 0 Å². The summed E-state index contributed by atoms with van der Waals surface area (Å²) in [5.74, 6) is 1.21. The Kier molecular flexibility index (Phi) is 6.36. The third kappa shape index (κ3) is 7.68. The Balaban J connectivity index is 3.08. The molecule has 1 N–H and O–H groups in total. The summed E-state index contributed by atoms with van der Waals surface area (Å²) in [7, 11) is 1.38. The normalized spacial score (nSPS) is 12.6. The first-order valence-corrected chi connectivity index (χ1v) is 4.65. The van der Waals surface area contributed by atoms with Gasteiger partial charge in [-0.05, 0) is 6.92 Å². The van der Waals surface area contributed by atoms with E-state index in [1.54, 1.807) is 18.7 Å². The molecule has 0 saturated carbocycles. The lowest BCUT2D eigenvalue weighted by Crippen LogP contribution is -2.06. The van der Waals surface area contributed by atoms with Crippen molar-refractivity contribution in [3.63, 3.8) is 0 Å². The molecule has 66 valence electrons. The molecule has 0 rings (SSSR count). The van der Waals surface area contributed by atoms with Crippen LogP contribution in [0.3, 0.4) is 0 Å². The number of rotatable bonds is 5. The highest BCUT2D eigenvalue weighted by atomic mass is 32.2. The molecular formula is C7H14O3S. The summed E-state index contributed by atoms with van der Waals surface area (Å²) in [6, 6.07) is 0. The van der Waals surface area contributed by atoms with Gasteiger partial charge in [0.25, 0.3) is 0 Å². The number of aliphatic hydroxyl groups excluding tert-OH is 1. The second-order valence-electron chi connectivity index (χ2n) is 2.25. The monoisotopic (exact) mass is 178 g/mol. The first-order chi connectivity index (χ1) is 5.16. The SMILES string of the molecule is COC(=O)CCSCC(C)O. The van der Waals surface area contributed by atoms with E-state index in [-0.39, 0.29) is 12.1 Å². The number of carbonyl (C=O) groups is 1. The van der Waals surface area contributed by atoms with Crippen LogP contribution < -0.4 is 0 Å². The molecule has 0 aliphatic heterocycles. The summed E-state index contributed by atoms with van der Waals surface area (Å²) in [6.45, 7) is 1.73. The van der Waals surface area contributed by atoms with Crippen LogP contribution in [0.1, 0.15) is 13.3 Å². The minimum absolute atomic E-state index is 0.192. The van der Waals surface area contributed by atoms with Gasteiger partial charge in [-0.1, -0.05) is 0 Å². The Labute approximate surface area is 71.1 Å². The highest BCUT2D eigenvalue weighted by Crippen LogP contribution is 2.04. The van der Waals surface area contributed by atoms with Gasteiger partial charge in [0.15, 0.2) is 0 Å². The maximum atomic E-state index is 10.6. The van der Waals surface area contributed by atoms with Gasteiger partial charge in [-0.25, -0.2) is 0 Å². The molecule has 0 spiro atoms. The van der Waals surface area contributed by atoms with Gasteiger partial charge >= 0.3 is 5.97 Å². The largest absolute Gasteiger partial charge is 0.469 e. The van der Waals surface area contributed by atoms with Crippen molar-refractivity contribution in [2.45, 2.75) is 19.4 Å². The lowest BCUT2D eigenvalue weighted by Gasteiger charge is -2.02. The third-order valence-electron chi connectivity index (χ3n) is 1.04. The molecule has 0 amide bonds. The summed E-state index contributed by atoms with van der Waals surface area (Å²) >= 11 is 1.55. The van der Waals surface area contributed by atoms with E-state index >= 15 is 0 Å². The molecule has 0 aromatic heterocycles. The highest BCUT2D eigenvalue weighted by molar-refractivity contribution is 7.99. The van der Waals surface area contributed by atoms with Crippen LogP contribution in [0, 0.1) is 0 Å². The Morgan fingerprint density at radius 2 is 2.36 bits per heavy atom. The van der Waals surface area contributed by atoms with Gasteiger partial charge in [-0.3, -0.25) is 4.79 Å². The van der Waals surface area contributed by atoms with E-state index in [0.29, 0.717) is 12.2 Å². The van der Waals surface area contributed by atoms with Crippen molar-refractivity contribution < 1.29 is 14.6 Å². The molecule has 0 aromatic rings. The fourth-order valence-electron chi connectivity index (χ4n) is 0.511. The second-order valence-corrected chi connectivity index (χ2v) is 3.40. The highest BCUT2D eigenvalue weighted by Gasteiger charge is 2.00. The lowest BCUT2D eigenvalue weighted by atomic mass is 10.5. The number of aliphatic hydroxyl groups is 1. The van der Waals surface area contributed by atoms with Crippen LogP contribution in [0.5, 0.6) is 0 Å². The Bertz CT molecular complexity index is 114. The zero-order chi connectivity index (χ0) is 8.69. The fraction of sp³-hybridized carbons (Fsp3) is 0.857. The van der Waals surface area contributed by atoms with Gasteiger partial charge in [-0.15, -0.1) is 0 Å². The Morgan fingerprint density at radius 1 is 1.73 bits per heavy atom. The molecule has 1 atom stereocenters. The van der Waals surface area contributed by atoms with Crippen LogP contribution in [-0.4, -0.2) is 35.8 Å². The van der Waals surface area contributed by atoms with Crippen molar-refractivity contribution in [2.24, 2.45) is 0 Å². The summed E-state index contributed by atoms with van der Waals surface area (Å²) in [6.07, 6.45) is 0.131. The van der Waals surface area contributed by atoms with Gasteiger partial charge in [0, 0.05) is 11.5 Å². The van der Waals surface area contributed by atoms with E-state index in [0.717, 1.165) is 5.75 Å². The molecule has 4 heteroatoms. The average Bonchev–Trinajstić information content (AvgIpc) is 1.97. The number of methoxy groups -OCH3 is 1. The Morgan fingerprint density at radius 3 is 2.82 bits per heavy atom. The number of hydrogen-bond donors (Lipinski definition) is 1. The number of hydrogen-bond acceptors (Lipinski definition) is 4. The van der Waals surface area contributed by atoms with E-state index in [1.807, 2.05) is 0 Å². The zero-order valence-electron chi connectivity index (χ0n) is 6.87. The molecule has 0 aliphatic rings. The van der Waals surface area contributed by atoms with Gasteiger partial charge in [0.05, 0.1) is 19.6 Å². The molecule has 0 saturated heterocycles. The topological polar surface area (TPSA) is 46.5 Å². The van der Waals surface area contributed by atoms with E-state index in [1.165, 1.54) is 7.11 Å². The minimum Gasteiger partial charge on any atom is -0.469 e. The van der Waals surface area contributed by atoms with Gasteiger partial charge < -0.3 is 9.84 Å². The number of carbonyl (C=O) groups excluding carboxylic acids is 1. The van der Waals surface area contributed by atoms with Crippen molar-refractivity contribution in [3.8, 4) is 0 Å². The van der Waals surface area contributed by atoms with E-state index in [2.05, 4.69) is 4.74 Å². The lowest BCUT2D eigenvalue weighted by molar-refractivity contribution is -0.140. The van der Waals surface area contributed by atoms with Crippen LogP contribution >= 0.6 is 11.8 Å². The van der Waals surface area contributed by atoms with Crippen molar-refractivity contribution in [2.75, 3.05) is 18.6 Å². The summed E-state index contributed by atoms with van der Waals surface area (Å²) < 4.78 is 4.44. The van der Waals surface area contributed by atoms with Crippen LogP contribution in [0.4, 0.5) is 0 Å². The molecule has 0 aromatic carbocycles. The van der Waals surface area contributed by atoms with Crippen LogP contribution in [0.2, 0.25) is 0 Å². The molecule has 3 nitrogen and oxygen atoms in total. The molecular weight excluding hydrogens is 164 g/mol. The number of esters is 1. The average molecular weight is 178 g/mol. The van der Waals surface area contributed by atoms with Gasteiger partial charge in [-0.2, -0.15) is 11.8 Å². The van der Waals surface area contributed by atoms with E-state index < -0.39 is 0 Å². The number of thioether (sulfide) groups is 1. The summed E-state index contributed by atoms with van der Waals surface area (Å²) in [4.78, 5) is 10.6. The van der Waals surface area contributed by atoms with E-state index in [9.17, 15) is 4.79 Å². The van der Waals surface area contributed by atoms with Crippen molar-refractivity contribution >= 4 is 17.7 Å². The molecule has 0 fully saturated rings. The molecule has 0 bridgehead atoms. The van der Waals surface area contributed by atoms with E-state index in [4.69, 9.17) is 5.11 Å². The summed E-state index contributed by atoms with van der Waals surface area (Å²) in [5, 5.41) is 8.84. The van der Waals surface area contributed by atoms with Crippen molar-refractivity contribution in [3.05, 3.63) is 0 Å². The zero-order valence-corrected chi connectivity index (χ0v) is 7.69.